The van der Waals surface area contributed by atoms with E-state index in [0.29, 0.717) is 22.8 Å². The molecule has 0 fully saturated rings. The minimum Gasteiger partial charge on any atom is -0.328 e. The number of hydrogen-bond donors (Lipinski definition) is 0. The number of nitrogens with zero attached hydrogens (tertiary/aromatic N) is 4. The summed E-state index contributed by atoms with van der Waals surface area (Å²) >= 11 is 0. The van der Waals surface area contributed by atoms with Crippen LogP contribution in [0.2, 0.25) is 0 Å². The van der Waals surface area contributed by atoms with Crippen molar-refractivity contribution in [2.24, 2.45) is 14.1 Å². The molecule has 0 amide bonds. The van der Waals surface area contributed by atoms with Gasteiger partial charge < -0.3 is 9.13 Å². The number of aromatic nitrogens is 4. The van der Waals surface area contributed by atoms with Gasteiger partial charge in [-0.15, -0.1) is 0 Å². The number of hydrogen-bond acceptors (Lipinski definition) is 4. The quantitative estimate of drug-likeness (QED) is 0.679. The van der Waals surface area contributed by atoms with Crippen molar-refractivity contribution < 1.29 is 9.59 Å². The van der Waals surface area contributed by atoms with E-state index in [1.165, 1.54) is 0 Å². The van der Waals surface area contributed by atoms with Crippen LogP contribution >= 0.6 is 0 Å². The van der Waals surface area contributed by atoms with Crippen LogP contribution in [0.15, 0.2) is 24.3 Å². The largest absolute Gasteiger partial charge is 0.328 e. The Kier molecular flexibility index (Phi) is 4.36. The average Bonchev–Trinajstić information content (AvgIpc) is 3.05. The van der Waals surface area contributed by atoms with Gasteiger partial charge in [0.15, 0.2) is 11.6 Å². The zero-order valence-electron chi connectivity index (χ0n) is 15.9. The fraction of sp³-hybridized carbons (Fsp3) is 0.300. The first-order valence-electron chi connectivity index (χ1n) is 8.41. The maximum Gasteiger partial charge on any atom is 0.228 e. The van der Waals surface area contributed by atoms with Gasteiger partial charge in [0.1, 0.15) is 0 Å². The van der Waals surface area contributed by atoms with E-state index in [4.69, 9.17) is 0 Å². The van der Waals surface area contributed by atoms with Crippen molar-refractivity contribution in [2.45, 2.75) is 27.7 Å². The van der Waals surface area contributed by atoms with E-state index in [1.807, 2.05) is 41.8 Å². The Morgan fingerprint density at radius 2 is 1.15 bits per heavy atom. The molecule has 3 rings (SSSR count). The zero-order chi connectivity index (χ0) is 19.2. The lowest BCUT2D eigenvalue weighted by atomic mass is 10.0. The molecular weight excluding hydrogens is 328 g/mol. The summed E-state index contributed by atoms with van der Waals surface area (Å²) in [7, 11) is 3.63. The summed E-state index contributed by atoms with van der Waals surface area (Å²) in [4.78, 5) is 34.4. The maximum atomic E-state index is 12.9. The summed E-state index contributed by atoms with van der Waals surface area (Å²) in [6.45, 7) is 7.59. The molecule has 0 saturated carbocycles. The molecule has 0 atom stereocenters. The van der Waals surface area contributed by atoms with E-state index in [2.05, 4.69) is 9.97 Å². The number of ketones is 2. The Hall–Kier alpha value is -3.02. The first kappa shape index (κ1) is 17.8. The molecule has 0 N–H and O–H groups in total. The lowest BCUT2D eigenvalue weighted by molar-refractivity contribution is 0.102. The summed E-state index contributed by atoms with van der Waals surface area (Å²) in [6, 6.07) is 6.73. The smallest absolute Gasteiger partial charge is 0.228 e. The first-order valence-corrected chi connectivity index (χ1v) is 8.41. The number of benzene rings is 1. The Morgan fingerprint density at radius 1 is 0.769 bits per heavy atom. The second-order valence-electron chi connectivity index (χ2n) is 6.57. The van der Waals surface area contributed by atoms with Crippen LogP contribution in [-0.2, 0) is 14.1 Å². The van der Waals surface area contributed by atoms with Crippen molar-refractivity contribution in [1.29, 1.82) is 0 Å². The molecule has 134 valence electrons. The topological polar surface area (TPSA) is 69.8 Å². The molecule has 3 aromatic rings. The lowest BCUT2D eigenvalue weighted by Crippen LogP contribution is -2.13. The summed E-state index contributed by atoms with van der Waals surface area (Å²) in [5.41, 5.74) is 4.40. The minimum absolute atomic E-state index is 0.203. The molecule has 0 aliphatic rings. The average molecular weight is 350 g/mol. The Balaban J connectivity index is 2.00. The van der Waals surface area contributed by atoms with Gasteiger partial charge in [-0.3, -0.25) is 9.59 Å². The van der Waals surface area contributed by atoms with E-state index < -0.39 is 0 Å². The molecular formula is C20H22N4O2. The normalized spacial score (nSPS) is 11.0. The van der Waals surface area contributed by atoms with Crippen LogP contribution in [0.3, 0.4) is 0 Å². The second kappa shape index (κ2) is 6.37. The van der Waals surface area contributed by atoms with Crippen molar-refractivity contribution >= 4 is 11.6 Å². The van der Waals surface area contributed by atoms with E-state index in [-0.39, 0.29) is 11.6 Å². The molecule has 2 aromatic heterocycles. The predicted molar refractivity (Wildman–Crippen MR) is 98.7 cm³/mol. The molecule has 0 spiro atoms. The Morgan fingerprint density at radius 3 is 1.46 bits per heavy atom. The summed E-state index contributed by atoms with van der Waals surface area (Å²) < 4.78 is 3.55. The molecule has 6 heteroatoms. The van der Waals surface area contributed by atoms with E-state index in [9.17, 15) is 9.59 Å². The van der Waals surface area contributed by atoms with E-state index in [1.54, 1.807) is 33.4 Å². The highest BCUT2D eigenvalue weighted by Gasteiger charge is 2.21. The molecule has 1 aromatic carbocycles. The van der Waals surface area contributed by atoms with Crippen molar-refractivity contribution in [1.82, 2.24) is 19.1 Å². The highest BCUT2D eigenvalue weighted by atomic mass is 16.1. The van der Waals surface area contributed by atoms with Crippen molar-refractivity contribution in [3.05, 3.63) is 69.8 Å². The van der Waals surface area contributed by atoms with Crippen LogP contribution in [0.25, 0.3) is 0 Å². The number of rotatable bonds is 4. The minimum atomic E-state index is -0.203. The number of carbonyl (C=O) groups is 2. The third kappa shape index (κ3) is 2.77. The number of imidazole rings is 2. The third-order valence-corrected chi connectivity index (χ3v) is 5.03. The molecule has 2 heterocycles. The van der Waals surface area contributed by atoms with Crippen LogP contribution < -0.4 is 0 Å². The van der Waals surface area contributed by atoms with Gasteiger partial charge in [0.2, 0.25) is 11.6 Å². The fourth-order valence-electron chi connectivity index (χ4n) is 2.90. The summed E-state index contributed by atoms with van der Waals surface area (Å²) in [5, 5.41) is 0. The highest BCUT2D eigenvalue weighted by molar-refractivity contribution is 6.11. The highest BCUT2D eigenvalue weighted by Crippen LogP contribution is 2.17. The van der Waals surface area contributed by atoms with Crippen molar-refractivity contribution in [3.8, 4) is 0 Å². The third-order valence-electron chi connectivity index (χ3n) is 5.03. The summed E-state index contributed by atoms with van der Waals surface area (Å²) in [6.07, 6.45) is 0. The van der Waals surface area contributed by atoms with Gasteiger partial charge in [-0.2, -0.15) is 0 Å². The van der Waals surface area contributed by atoms with Crippen LogP contribution in [0.5, 0.6) is 0 Å². The van der Waals surface area contributed by atoms with Crippen molar-refractivity contribution in [2.75, 3.05) is 0 Å². The lowest BCUT2D eigenvalue weighted by Gasteiger charge is -2.06. The predicted octanol–water partition coefficient (Wildman–Crippen LogP) is 2.85. The number of carbonyl (C=O) groups excluding carboxylic acids is 2. The standard InChI is InChI=1S/C20H22N4O2/c1-11-13(3)23(5)19(21-11)17(25)15-8-7-9-16(10-15)18(26)20-22-12(2)14(4)24(20)6/h7-10H,1-6H3. The number of aryl methyl sites for hydroxylation is 2. The van der Waals surface area contributed by atoms with E-state index in [0.717, 1.165) is 22.8 Å². The maximum absolute atomic E-state index is 12.9. The Labute approximate surface area is 152 Å². The molecule has 0 unspecified atom stereocenters. The van der Waals surface area contributed by atoms with Crippen LogP contribution in [0, 0.1) is 27.7 Å². The van der Waals surface area contributed by atoms with Gasteiger partial charge in [-0.05, 0) is 33.8 Å². The molecule has 26 heavy (non-hydrogen) atoms. The van der Waals surface area contributed by atoms with Gasteiger partial charge >= 0.3 is 0 Å². The van der Waals surface area contributed by atoms with Crippen LogP contribution in [0.1, 0.15) is 55.1 Å². The van der Waals surface area contributed by atoms with Gasteiger partial charge in [0.05, 0.1) is 11.4 Å². The molecule has 0 radical (unpaired) electrons. The molecule has 6 nitrogen and oxygen atoms in total. The van der Waals surface area contributed by atoms with Gasteiger partial charge in [0.25, 0.3) is 0 Å². The van der Waals surface area contributed by atoms with Gasteiger partial charge in [-0.25, -0.2) is 9.97 Å². The van der Waals surface area contributed by atoms with E-state index >= 15 is 0 Å². The van der Waals surface area contributed by atoms with Gasteiger partial charge in [0, 0.05) is 36.6 Å². The second-order valence-corrected chi connectivity index (χ2v) is 6.57. The first-order chi connectivity index (χ1) is 12.2. The Bertz CT molecular complexity index is 961. The zero-order valence-corrected chi connectivity index (χ0v) is 15.9. The van der Waals surface area contributed by atoms with Crippen molar-refractivity contribution in [3.63, 3.8) is 0 Å². The summed E-state index contributed by atoms with van der Waals surface area (Å²) in [5.74, 6) is 0.331. The molecule has 0 saturated heterocycles. The van der Waals surface area contributed by atoms with Gasteiger partial charge in [-0.1, -0.05) is 18.2 Å². The molecule has 0 aliphatic heterocycles. The SMILES string of the molecule is Cc1nc(C(=O)c2cccc(C(=O)c3nc(C)c(C)n3C)c2)n(C)c1C. The monoisotopic (exact) mass is 350 g/mol. The molecule has 0 aliphatic carbocycles. The van der Waals surface area contributed by atoms with Crippen LogP contribution in [0.4, 0.5) is 0 Å². The van der Waals surface area contributed by atoms with Crippen LogP contribution in [-0.4, -0.2) is 30.7 Å². The molecule has 0 bridgehead atoms. The fourth-order valence-corrected chi connectivity index (χ4v) is 2.90.